The van der Waals surface area contributed by atoms with Crippen molar-refractivity contribution in [1.82, 2.24) is 19.5 Å². The highest BCUT2D eigenvalue weighted by Crippen LogP contribution is 2.26. The van der Waals surface area contributed by atoms with Crippen LogP contribution in [-0.4, -0.2) is 24.6 Å². The number of nitrogens with one attached hydrogen (secondary N) is 1. The highest BCUT2D eigenvalue weighted by atomic mass is 35.5. The quantitative estimate of drug-likeness (QED) is 0.760. The molecule has 0 aliphatic rings. The van der Waals surface area contributed by atoms with Gasteiger partial charge in [0, 0.05) is 12.1 Å². The van der Waals surface area contributed by atoms with Crippen molar-refractivity contribution in [3.05, 3.63) is 52.2 Å². The molecule has 0 amide bonds. The van der Waals surface area contributed by atoms with Crippen molar-refractivity contribution in [3.63, 3.8) is 0 Å². The van der Waals surface area contributed by atoms with Gasteiger partial charge in [-0.3, -0.25) is 4.79 Å². The molecule has 0 fully saturated rings. The van der Waals surface area contributed by atoms with Crippen LogP contribution in [0.25, 0.3) is 22.6 Å². The SMILES string of the molecule is Cn1cncc1-c1nc(O)c(-c2ccc(Cl)cc2)c(=O)[nH]1. The van der Waals surface area contributed by atoms with Crippen LogP contribution in [0.4, 0.5) is 0 Å². The lowest BCUT2D eigenvalue weighted by molar-refractivity contribution is 0.454. The summed E-state index contributed by atoms with van der Waals surface area (Å²) in [6.45, 7) is 0. The lowest BCUT2D eigenvalue weighted by Crippen LogP contribution is -2.13. The minimum atomic E-state index is -0.430. The molecule has 21 heavy (non-hydrogen) atoms. The zero-order valence-corrected chi connectivity index (χ0v) is 11.8. The monoisotopic (exact) mass is 302 g/mol. The molecule has 0 saturated heterocycles. The Balaban J connectivity index is 2.15. The summed E-state index contributed by atoms with van der Waals surface area (Å²) >= 11 is 5.82. The topological polar surface area (TPSA) is 83.8 Å². The number of hydrogen-bond donors (Lipinski definition) is 2. The Labute approximate surface area is 124 Å². The van der Waals surface area contributed by atoms with Gasteiger partial charge in [-0.2, -0.15) is 4.98 Å². The van der Waals surface area contributed by atoms with Gasteiger partial charge in [0.2, 0.25) is 5.88 Å². The number of benzene rings is 1. The molecule has 2 heterocycles. The van der Waals surface area contributed by atoms with Crippen LogP contribution >= 0.6 is 11.6 Å². The third-order valence-electron chi connectivity index (χ3n) is 3.09. The molecule has 2 aromatic heterocycles. The summed E-state index contributed by atoms with van der Waals surface area (Å²) in [6, 6.07) is 6.59. The highest BCUT2D eigenvalue weighted by molar-refractivity contribution is 6.30. The van der Waals surface area contributed by atoms with E-state index in [1.165, 1.54) is 0 Å². The fourth-order valence-electron chi connectivity index (χ4n) is 2.04. The number of nitrogens with zero attached hydrogens (tertiary/aromatic N) is 3. The Hall–Kier alpha value is -2.60. The van der Waals surface area contributed by atoms with Crippen molar-refractivity contribution in [3.8, 4) is 28.5 Å². The van der Waals surface area contributed by atoms with E-state index in [1.807, 2.05) is 0 Å². The minimum absolute atomic E-state index is 0.109. The Morgan fingerprint density at radius 1 is 1.29 bits per heavy atom. The van der Waals surface area contributed by atoms with E-state index in [-0.39, 0.29) is 17.3 Å². The molecule has 2 N–H and O–H groups in total. The minimum Gasteiger partial charge on any atom is -0.493 e. The summed E-state index contributed by atoms with van der Waals surface area (Å²) in [6.07, 6.45) is 3.14. The molecule has 0 atom stereocenters. The van der Waals surface area contributed by atoms with Gasteiger partial charge in [0.1, 0.15) is 11.3 Å². The number of hydrogen-bond acceptors (Lipinski definition) is 4. The molecular weight excluding hydrogens is 292 g/mol. The fraction of sp³-hybridized carbons (Fsp3) is 0.0714. The molecule has 0 spiro atoms. The van der Waals surface area contributed by atoms with Gasteiger partial charge in [-0.15, -0.1) is 0 Å². The zero-order valence-electron chi connectivity index (χ0n) is 11.0. The van der Waals surface area contributed by atoms with Crippen LogP contribution in [0.5, 0.6) is 5.88 Å². The van der Waals surface area contributed by atoms with E-state index >= 15 is 0 Å². The van der Waals surface area contributed by atoms with E-state index in [0.717, 1.165) is 0 Å². The van der Waals surface area contributed by atoms with E-state index in [0.29, 0.717) is 16.3 Å². The van der Waals surface area contributed by atoms with Crippen LogP contribution in [0.3, 0.4) is 0 Å². The summed E-state index contributed by atoms with van der Waals surface area (Å²) in [4.78, 5) is 22.9. The normalized spacial score (nSPS) is 10.8. The van der Waals surface area contributed by atoms with E-state index < -0.39 is 5.56 Å². The van der Waals surface area contributed by atoms with Gasteiger partial charge in [-0.25, -0.2) is 4.98 Å². The number of aromatic hydroxyl groups is 1. The molecule has 7 heteroatoms. The van der Waals surface area contributed by atoms with Crippen LogP contribution in [0.1, 0.15) is 0 Å². The molecule has 0 aliphatic carbocycles. The van der Waals surface area contributed by atoms with Gasteiger partial charge in [-0.05, 0) is 17.7 Å². The van der Waals surface area contributed by atoms with E-state index in [1.54, 1.807) is 48.4 Å². The number of H-pyrrole nitrogens is 1. The summed E-state index contributed by atoms with van der Waals surface area (Å²) < 4.78 is 1.69. The molecule has 3 rings (SSSR count). The number of imidazole rings is 1. The van der Waals surface area contributed by atoms with Crippen molar-refractivity contribution in [2.24, 2.45) is 7.05 Å². The first-order valence-electron chi connectivity index (χ1n) is 6.12. The van der Waals surface area contributed by atoms with Crippen molar-refractivity contribution >= 4 is 11.6 Å². The first-order valence-corrected chi connectivity index (χ1v) is 6.50. The van der Waals surface area contributed by atoms with Gasteiger partial charge in [0.05, 0.1) is 12.5 Å². The molecule has 3 aromatic rings. The average Bonchev–Trinajstić information content (AvgIpc) is 2.86. The zero-order chi connectivity index (χ0) is 15.0. The van der Waals surface area contributed by atoms with Gasteiger partial charge in [0.25, 0.3) is 5.56 Å². The van der Waals surface area contributed by atoms with Crippen LogP contribution in [0.2, 0.25) is 5.02 Å². The van der Waals surface area contributed by atoms with E-state index in [4.69, 9.17) is 11.6 Å². The fourth-order valence-corrected chi connectivity index (χ4v) is 2.17. The Morgan fingerprint density at radius 3 is 2.57 bits per heavy atom. The molecule has 0 aliphatic heterocycles. The van der Waals surface area contributed by atoms with Crippen molar-refractivity contribution < 1.29 is 5.11 Å². The number of aryl methyl sites for hydroxylation is 1. The average molecular weight is 303 g/mol. The maximum absolute atomic E-state index is 12.2. The molecule has 106 valence electrons. The third-order valence-corrected chi connectivity index (χ3v) is 3.34. The Kier molecular flexibility index (Phi) is 3.23. The molecule has 1 aromatic carbocycles. The predicted molar refractivity (Wildman–Crippen MR) is 79.2 cm³/mol. The number of rotatable bonds is 2. The van der Waals surface area contributed by atoms with E-state index in [9.17, 15) is 9.90 Å². The number of aromatic nitrogens is 4. The highest BCUT2D eigenvalue weighted by Gasteiger charge is 2.15. The second kappa shape index (κ2) is 5.06. The Morgan fingerprint density at radius 2 is 2.00 bits per heavy atom. The maximum Gasteiger partial charge on any atom is 0.262 e. The first kappa shape index (κ1) is 13.4. The van der Waals surface area contributed by atoms with Crippen molar-refractivity contribution in [1.29, 1.82) is 0 Å². The summed E-state index contributed by atoms with van der Waals surface area (Å²) in [5, 5.41) is 10.6. The lowest BCUT2D eigenvalue weighted by Gasteiger charge is -2.06. The van der Waals surface area contributed by atoms with Gasteiger partial charge in [-0.1, -0.05) is 23.7 Å². The molecule has 0 bridgehead atoms. The van der Waals surface area contributed by atoms with Crippen LogP contribution in [0.15, 0.2) is 41.6 Å². The maximum atomic E-state index is 12.2. The smallest absolute Gasteiger partial charge is 0.262 e. The summed E-state index contributed by atoms with van der Waals surface area (Å²) in [5.41, 5.74) is 0.825. The molecule has 6 nitrogen and oxygen atoms in total. The third kappa shape index (κ3) is 2.41. The number of aromatic amines is 1. The predicted octanol–water partition coefficient (Wildman–Crippen LogP) is 2.20. The second-order valence-electron chi connectivity index (χ2n) is 4.51. The van der Waals surface area contributed by atoms with Crippen LogP contribution in [-0.2, 0) is 7.05 Å². The van der Waals surface area contributed by atoms with Gasteiger partial charge < -0.3 is 14.7 Å². The van der Waals surface area contributed by atoms with Crippen LogP contribution < -0.4 is 5.56 Å². The van der Waals surface area contributed by atoms with Crippen molar-refractivity contribution in [2.45, 2.75) is 0 Å². The van der Waals surface area contributed by atoms with Crippen molar-refractivity contribution in [2.75, 3.05) is 0 Å². The molecule has 0 unspecified atom stereocenters. The largest absolute Gasteiger partial charge is 0.493 e. The summed E-state index contributed by atoms with van der Waals surface area (Å²) in [7, 11) is 1.77. The molecular formula is C14H11ClN4O2. The molecule has 0 radical (unpaired) electrons. The van der Waals surface area contributed by atoms with Gasteiger partial charge >= 0.3 is 0 Å². The number of halogens is 1. The first-order chi connectivity index (χ1) is 10.1. The molecule has 0 saturated carbocycles. The van der Waals surface area contributed by atoms with Gasteiger partial charge in [0.15, 0.2) is 5.82 Å². The summed E-state index contributed by atoms with van der Waals surface area (Å²) in [5.74, 6) is -0.0764. The van der Waals surface area contributed by atoms with E-state index in [2.05, 4.69) is 15.0 Å². The standard InChI is InChI=1S/C14H11ClN4O2/c1-19-7-16-6-10(19)12-17-13(20)11(14(21)18-12)8-2-4-9(15)5-3-8/h2-7H,1H3,(H2,17,18,20,21). The Bertz CT molecular complexity index is 852. The van der Waals surface area contributed by atoms with Crippen LogP contribution in [0, 0.1) is 0 Å². The second-order valence-corrected chi connectivity index (χ2v) is 4.95. The lowest BCUT2D eigenvalue weighted by atomic mass is 10.1.